The Morgan fingerprint density at radius 3 is 2.42 bits per heavy atom. The summed E-state index contributed by atoms with van der Waals surface area (Å²) in [6.07, 6.45) is 2.36. The van der Waals surface area contributed by atoms with Crippen molar-refractivity contribution in [1.82, 2.24) is 5.32 Å². The maximum absolute atomic E-state index is 13.5. The van der Waals surface area contributed by atoms with Crippen molar-refractivity contribution in [2.24, 2.45) is 0 Å². The second kappa shape index (κ2) is 11.1. The van der Waals surface area contributed by atoms with E-state index in [0.717, 1.165) is 12.0 Å². The number of rotatable bonds is 8. The zero-order chi connectivity index (χ0) is 25.7. The highest BCUT2D eigenvalue weighted by atomic mass is 32.1. The highest BCUT2D eigenvalue weighted by molar-refractivity contribution is 7.80. The summed E-state index contributed by atoms with van der Waals surface area (Å²) in [7, 11) is 0. The molecule has 1 heterocycles. The molecule has 2 amide bonds. The monoisotopic (exact) mass is 504 g/mol. The third kappa shape index (κ3) is 5.60. The summed E-state index contributed by atoms with van der Waals surface area (Å²) in [6, 6.07) is 18.7. The number of amides is 2. The van der Waals surface area contributed by atoms with Crippen molar-refractivity contribution in [3.8, 4) is 11.5 Å². The maximum Gasteiger partial charge on any atom is 0.270 e. The molecule has 6 nitrogen and oxygen atoms in total. The Morgan fingerprint density at radius 1 is 0.944 bits per heavy atom. The van der Waals surface area contributed by atoms with Gasteiger partial charge in [0.25, 0.3) is 11.8 Å². The fourth-order valence-corrected chi connectivity index (χ4v) is 4.01. The molecule has 0 aliphatic carbocycles. The molecule has 0 unspecified atom stereocenters. The van der Waals surface area contributed by atoms with Gasteiger partial charge in [-0.05, 0) is 84.7 Å². The van der Waals surface area contributed by atoms with Crippen LogP contribution in [-0.4, -0.2) is 23.5 Å². The molecular formula is C28H25FN2O4S. The fraction of sp³-hybridized carbons (Fsp3) is 0.179. The van der Waals surface area contributed by atoms with Gasteiger partial charge in [0.2, 0.25) is 0 Å². The number of hydrogen-bond acceptors (Lipinski definition) is 5. The summed E-state index contributed by atoms with van der Waals surface area (Å²) in [5.74, 6) is -0.530. The van der Waals surface area contributed by atoms with E-state index in [1.165, 1.54) is 23.1 Å². The Balaban J connectivity index is 1.60. The Labute approximate surface area is 214 Å². The Kier molecular flexibility index (Phi) is 7.75. The molecule has 0 saturated carbocycles. The van der Waals surface area contributed by atoms with E-state index in [9.17, 15) is 14.0 Å². The average Bonchev–Trinajstić information content (AvgIpc) is 2.86. The number of anilines is 1. The summed E-state index contributed by atoms with van der Waals surface area (Å²) in [6.45, 7) is 4.41. The molecule has 0 atom stereocenters. The summed E-state index contributed by atoms with van der Waals surface area (Å²) in [5, 5.41) is 2.62. The minimum Gasteiger partial charge on any atom is -0.490 e. The van der Waals surface area contributed by atoms with E-state index in [0.29, 0.717) is 34.9 Å². The van der Waals surface area contributed by atoms with Crippen LogP contribution in [0.1, 0.15) is 30.5 Å². The SMILES string of the molecule is CCOc1cc(/C=C2\C(=O)NC(=S)N(c3ccc(CC)cc3)C2=O)ccc1OCc1cccc(F)c1. The third-order valence-corrected chi connectivity index (χ3v) is 5.85. The highest BCUT2D eigenvalue weighted by Crippen LogP contribution is 2.31. The van der Waals surface area contributed by atoms with Crippen molar-refractivity contribution in [2.45, 2.75) is 26.9 Å². The number of aryl methyl sites for hydroxylation is 1. The molecule has 4 rings (SSSR count). The first-order valence-electron chi connectivity index (χ1n) is 11.5. The first-order valence-corrected chi connectivity index (χ1v) is 11.9. The maximum atomic E-state index is 13.5. The smallest absolute Gasteiger partial charge is 0.270 e. The van der Waals surface area contributed by atoms with E-state index >= 15 is 0 Å². The number of nitrogens with one attached hydrogen (secondary N) is 1. The molecule has 3 aromatic rings. The molecule has 0 spiro atoms. The van der Waals surface area contributed by atoms with Crippen molar-refractivity contribution >= 4 is 40.9 Å². The minimum absolute atomic E-state index is 0.0301. The van der Waals surface area contributed by atoms with Crippen LogP contribution in [0.2, 0.25) is 0 Å². The Bertz CT molecular complexity index is 1340. The molecule has 184 valence electrons. The number of nitrogens with zero attached hydrogens (tertiary/aromatic N) is 1. The van der Waals surface area contributed by atoms with Gasteiger partial charge >= 0.3 is 0 Å². The summed E-state index contributed by atoms with van der Waals surface area (Å²) < 4.78 is 25.0. The van der Waals surface area contributed by atoms with Crippen LogP contribution in [0, 0.1) is 5.82 Å². The van der Waals surface area contributed by atoms with Crippen molar-refractivity contribution in [1.29, 1.82) is 0 Å². The van der Waals surface area contributed by atoms with E-state index in [1.54, 1.807) is 42.5 Å². The number of carbonyl (C=O) groups excluding carboxylic acids is 2. The van der Waals surface area contributed by atoms with E-state index < -0.39 is 11.8 Å². The number of ether oxygens (including phenoxy) is 2. The zero-order valence-electron chi connectivity index (χ0n) is 19.9. The minimum atomic E-state index is -0.573. The van der Waals surface area contributed by atoms with Crippen LogP contribution >= 0.6 is 12.2 Å². The number of hydrogen-bond donors (Lipinski definition) is 1. The second-order valence-electron chi connectivity index (χ2n) is 8.04. The quantitative estimate of drug-likeness (QED) is 0.260. The van der Waals surface area contributed by atoms with Gasteiger partial charge in [0.1, 0.15) is 18.0 Å². The van der Waals surface area contributed by atoms with Gasteiger partial charge in [-0.2, -0.15) is 0 Å². The molecule has 1 fully saturated rings. The predicted octanol–water partition coefficient (Wildman–Crippen LogP) is 5.20. The lowest BCUT2D eigenvalue weighted by Crippen LogP contribution is -2.54. The fourth-order valence-electron chi connectivity index (χ4n) is 3.73. The largest absolute Gasteiger partial charge is 0.490 e. The van der Waals surface area contributed by atoms with Gasteiger partial charge in [0.05, 0.1) is 12.3 Å². The summed E-state index contributed by atoms with van der Waals surface area (Å²) in [4.78, 5) is 27.3. The normalized spacial score (nSPS) is 14.7. The van der Waals surface area contributed by atoms with Crippen LogP contribution < -0.4 is 19.7 Å². The lowest BCUT2D eigenvalue weighted by atomic mass is 10.1. The summed E-state index contributed by atoms with van der Waals surface area (Å²) in [5.41, 5.74) is 2.89. The van der Waals surface area contributed by atoms with Crippen molar-refractivity contribution in [3.63, 3.8) is 0 Å². The second-order valence-corrected chi connectivity index (χ2v) is 8.42. The van der Waals surface area contributed by atoms with Gasteiger partial charge in [-0.3, -0.25) is 19.8 Å². The number of benzene rings is 3. The van der Waals surface area contributed by atoms with Gasteiger partial charge in [0, 0.05) is 0 Å². The molecule has 36 heavy (non-hydrogen) atoms. The predicted molar refractivity (Wildman–Crippen MR) is 140 cm³/mol. The van der Waals surface area contributed by atoms with Gasteiger partial charge in [-0.15, -0.1) is 0 Å². The van der Waals surface area contributed by atoms with Gasteiger partial charge in [-0.1, -0.05) is 37.3 Å². The van der Waals surface area contributed by atoms with E-state index in [1.807, 2.05) is 26.0 Å². The lowest BCUT2D eigenvalue weighted by molar-refractivity contribution is -0.122. The standard InChI is InChI=1S/C28H25FN2O4S/c1-3-18-8-11-22(12-9-18)31-27(33)23(26(32)30-28(31)36)15-19-10-13-24(25(16-19)34-4-2)35-17-20-6-5-7-21(29)14-20/h5-16H,3-4,17H2,1-2H3,(H,30,32,36)/b23-15+. The molecule has 8 heteroatoms. The van der Waals surface area contributed by atoms with E-state index in [-0.39, 0.29) is 23.1 Å². The van der Waals surface area contributed by atoms with Crippen LogP contribution in [0.5, 0.6) is 11.5 Å². The zero-order valence-corrected chi connectivity index (χ0v) is 20.7. The first-order chi connectivity index (χ1) is 17.4. The summed E-state index contributed by atoms with van der Waals surface area (Å²) >= 11 is 5.28. The van der Waals surface area contributed by atoms with E-state index in [4.69, 9.17) is 21.7 Å². The molecular weight excluding hydrogens is 479 g/mol. The lowest BCUT2D eigenvalue weighted by Gasteiger charge is -2.29. The molecule has 0 radical (unpaired) electrons. The topological polar surface area (TPSA) is 67.9 Å². The van der Waals surface area contributed by atoms with Gasteiger partial charge < -0.3 is 9.47 Å². The molecule has 0 aromatic heterocycles. The van der Waals surface area contributed by atoms with Crippen molar-refractivity contribution in [3.05, 3.63) is 94.8 Å². The van der Waals surface area contributed by atoms with Crippen LogP contribution in [0.25, 0.3) is 6.08 Å². The molecule has 0 bridgehead atoms. The Morgan fingerprint density at radius 2 is 1.72 bits per heavy atom. The van der Waals surface area contributed by atoms with Crippen LogP contribution in [-0.2, 0) is 22.6 Å². The van der Waals surface area contributed by atoms with E-state index in [2.05, 4.69) is 5.32 Å². The van der Waals surface area contributed by atoms with Crippen molar-refractivity contribution in [2.75, 3.05) is 11.5 Å². The molecule has 1 aliphatic rings. The van der Waals surface area contributed by atoms with Crippen LogP contribution in [0.3, 0.4) is 0 Å². The molecule has 3 aromatic carbocycles. The third-order valence-electron chi connectivity index (χ3n) is 5.57. The Hall–Kier alpha value is -4.04. The number of thiocarbonyl (C=S) groups is 1. The van der Waals surface area contributed by atoms with Crippen LogP contribution in [0.15, 0.2) is 72.3 Å². The van der Waals surface area contributed by atoms with Gasteiger partial charge in [0.15, 0.2) is 16.6 Å². The first kappa shape index (κ1) is 25.1. The average molecular weight is 505 g/mol. The number of halogens is 1. The molecule has 1 saturated heterocycles. The molecule has 1 aliphatic heterocycles. The highest BCUT2D eigenvalue weighted by Gasteiger charge is 2.34. The van der Waals surface area contributed by atoms with Gasteiger partial charge in [-0.25, -0.2) is 4.39 Å². The number of carbonyl (C=O) groups is 2. The van der Waals surface area contributed by atoms with Crippen LogP contribution in [0.4, 0.5) is 10.1 Å². The van der Waals surface area contributed by atoms with Crippen molar-refractivity contribution < 1.29 is 23.5 Å². The molecule has 1 N–H and O–H groups in total.